The zero-order chi connectivity index (χ0) is 19.0. The summed E-state index contributed by atoms with van der Waals surface area (Å²) in [6.45, 7) is 6.53. The van der Waals surface area contributed by atoms with Crippen molar-refractivity contribution in [3.05, 3.63) is 57.8 Å². The molecule has 5 nitrogen and oxygen atoms in total. The molecule has 2 aromatic rings. The topological polar surface area (TPSA) is 59.9 Å². The fraction of sp³-hybridized carbons (Fsp3) is 0.450. The van der Waals surface area contributed by atoms with Crippen LogP contribution in [0.1, 0.15) is 30.5 Å². The van der Waals surface area contributed by atoms with E-state index in [1.165, 1.54) is 11.1 Å². The Hall–Kier alpha value is -1.16. The van der Waals surface area contributed by atoms with E-state index in [2.05, 4.69) is 58.9 Å². The number of aliphatic imine (C=N–C) groups is 1. The van der Waals surface area contributed by atoms with Crippen molar-refractivity contribution in [2.75, 3.05) is 27.2 Å². The predicted octanol–water partition coefficient (Wildman–Crippen LogP) is 3.39. The molecular weight excluding hydrogens is 471 g/mol. The van der Waals surface area contributed by atoms with E-state index in [1.807, 2.05) is 30.7 Å². The zero-order valence-electron chi connectivity index (χ0n) is 16.5. The number of rotatable bonds is 8. The Kier molecular flexibility index (Phi) is 10.3. The Morgan fingerprint density at radius 1 is 1.22 bits per heavy atom. The van der Waals surface area contributed by atoms with E-state index in [0.717, 1.165) is 18.7 Å². The van der Waals surface area contributed by atoms with Gasteiger partial charge in [-0.3, -0.25) is 0 Å². The third-order valence-corrected chi connectivity index (χ3v) is 4.68. The largest absolute Gasteiger partial charge is 0.384 e. The minimum absolute atomic E-state index is 0. The summed E-state index contributed by atoms with van der Waals surface area (Å²) in [6.07, 6.45) is 0. The molecule has 150 valence electrons. The second kappa shape index (κ2) is 11.6. The van der Waals surface area contributed by atoms with E-state index < -0.39 is 5.60 Å². The van der Waals surface area contributed by atoms with Crippen molar-refractivity contribution >= 4 is 41.3 Å². The van der Waals surface area contributed by atoms with Gasteiger partial charge < -0.3 is 20.6 Å². The summed E-state index contributed by atoms with van der Waals surface area (Å²) in [5.41, 5.74) is 2.44. The van der Waals surface area contributed by atoms with E-state index in [1.54, 1.807) is 11.3 Å². The molecule has 0 fully saturated rings. The highest BCUT2D eigenvalue weighted by Gasteiger charge is 2.23. The van der Waals surface area contributed by atoms with Crippen LogP contribution in [-0.4, -0.2) is 43.2 Å². The first-order chi connectivity index (χ1) is 12.4. The Morgan fingerprint density at radius 3 is 2.59 bits per heavy atom. The SMILES string of the molecule is CCNC(=NCc1cccc(CN(C)C)c1)NCC(C)(O)c1ccsc1.I. The summed E-state index contributed by atoms with van der Waals surface area (Å²) in [5, 5.41) is 21.1. The van der Waals surface area contributed by atoms with Gasteiger partial charge in [-0.15, -0.1) is 24.0 Å². The molecular formula is C20H31IN4OS. The van der Waals surface area contributed by atoms with E-state index in [-0.39, 0.29) is 24.0 Å². The molecule has 27 heavy (non-hydrogen) atoms. The van der Waals surface area contributed by atoms with Crippen LogP contribution in [0.2, 0.25) is 0 Å². The van der Waals surface area contributed by atoms with Gasteiger partial charge in [0.25, 0.3) is 0 Å². The van der Waals surface area contributed by atoms with E-state index in [4.69, 9.17) is 0 Å². The zero-order valence-corrected chi connectivity index (χ0v) is 19.7. The molecule has 1 aromatic carbocycles. The van der Waals surface area contributed by atoms with Gasteiger partial charge in [0.1, 0.15) is 5.60 Å². The van der Waals surface area contributed by atoms with Crippen molar-refractivity contribution in [3.8, 4) is 0 Å². The van der Waals surface area contributed by atoms with Gasteiger partial charge in [0.15, 0.2) is 5.96 Å². The van der Waals surface area contributed by atoms with Crippen LogP contribution in [0.15, 0.2) is 46.1 Å². The highest BCUT2D eigenvalue weighted by Crippen LogP contribution is 2.21. The van der Waals surface area contributed by atoms with E-state index in [9.17, 15) is 5.11 Å². The second-order valence-electron chi connectivity index (χ2n) is 6.89. The van der Waals surface area contributed by atoms with Gasteiger partial charge in [-0.2, -0.15) is 11.3 Å². The lowest BCUT2D eigenvalue weighted by Crippen LogP contribution is -2.44. The van der Waals surface area contributed by atoms with E-state index in [0.29, 0.717) is 19.0 Å². The number of thiophene rings is 1. The first kappa shape index (κ1) is 23.9. The van der Waals surface area contributed by atoms with Gasteiger partial charge in [-0.1, -0.05) is 24.3 Å². The van der Waals surface area contributed by atoms with Crippen LogP contribution in [0.4, 0.5) is 0 Å². The lowest BCUT2D eigenvalue weighted by Gasteiger charge is -2.24. The van der Waals surface area contributed by atoms with Crippen LogP contribution in [0.25, 0.3) is 0 Å². The maximum absolute atomic E-state index is 10.7. The number of nitrogens with zero attached hydrogens (tertiary/aromatic N) is 2. The van der Waals surface area contributed by atoms with Crippen molar-refractivity contribution in [2.45, 2.75) is 32.5 Å². The number of nitrogens with one attached hydrogen (secondary N) is 2. The molecule has 1 unspecified atom stereocenters. The van der Waals surface area contributed by atoms with Crippen LogP contribution < -0.4 is 10.6 Å². The van der Waals surface area contributed by atoms with Crippen molar-refractivity contribution in [3.63, 3.8) is 0 Å². The Labute approximate surface area is 183 Å². The molecule has 1 aromatic heterocycles. The molecule has 1 atom stereocenters. The van der Waals surface area contributed by atoms with Crippen molar-refractivity contribution in [1.82, 2.24) is 15.5 Å². The number of hydrogen-bond acceptors (Lipinski definition) is 4. The maximum Gasteiger partial charge on any atom is 0.191 e. The van der Waals surface area contributed by atoms with Crippen molar-refractivity contribution in [2.24, 2.45) is 4.99 Å². The minimum atomic E-state index is -0.929. The molecule has 7 heteroatoms. The molecule has 0 aliphatic heterocycles. The summed E-state index contributed by atoms with van der Waals surface area (Å²) >= 11 is 1.59. The maximum atomic E-state index is 10.7. The molecule has 1 heterocycles. The lowest BCUT2D eigenvalue weighted by atomic mass is 9.99. The second-order valence-corrected chi connectivity index (χ2v) is 7.67. The van der Waals surface area contributed by atoms with Gasteiger partial charge in [-0.25, -0.2) is 4.99 Å². The molecule has 0 spiro atoms. The summed E-state index contributed by atoms with van der Waals surface area (Å²) < 4.78 is 0. The number of hydrogen-bond donors (Lipinski definition) is 3. The average Bonchev–Trinajstić information content (AvgIpc) is 3.13. The average molecular weight is 502 g/mol. The third kappa shape index (κ3) is 8.16. The molecule has 0 aliphatic rings. The smallest absolute Gasteiger partial charge is 0.191 e. The van der Waals surface area contributed by atoms with Gasteiger partial charge in [0.05, 0.1) is 13.1 Å². The summed E-state index contributed by atoms with van der Waals surface area (Å²) in [5.74, 6) is 0.709. The quantitative estimate of drug-likeness (QED) is 0.294. The number of benzene rings is 1. The van der Waals surface area contributed by atoms with Crippen LogP contribution >= 0.6 is 35.3 Å². The van der Waals surface area contributed by atoms with Crippen LogP contribution in [0.5, 0.6) is 0 Å². The predicted molar refractivity (Wildman–Crippen MR) is 126 cm³/mol. The fourth-order valence-corrected chi connectivity index (χ4v) is 3.42. The highest BCUT2D eigenvalue weighted by atomic mass is 127. The summed E-state index contributed by atoms with van der Waals surface area (Å²) in [7, 11) is 4.13. The third-order valence-electron chi connectivity index (χ3n) is 4.00. The van der Waals surface area contributed by atoms with Gasteiger partial charge in [0.2, 0.25) is 0 Å². The molecule has 0 amide bonds. The van der Waals surface area contributed by atoms with Crippen molar-refractivity contribution < 1.29 is 5.11 Å². The molecule has 0 saturated carbocycles. The van der Waals surface area contributed by atoms with Gasteiger partial charge in [-0.05, 0) is 61.5 Å². The fourth-order valence-electron chi connectivity index (χ4n) is 2.63. The summed E-state index contributed by atoms with van der Waals surface area (Å²) in [4.78, 5) is 6.81. The Balaban J connectivity index is 0.00000364. The summed E-state index contributed by atoms with van der Waals surface area (Å²) in [6, 6.07) is 10.4. The number of halogens is 1. The Morgan fingerprint density at radius 2 is 1.96 bits per heavy atom. The Bertz CT molecular complexity index is 702. The lowest BCUT2D eigenvalue weighted by molar-refractivity contribution is 0.0621. The molecule has 0 radical (unpaired) electrons. The number of guanidine groups is 1. The molecule has 3 N–H and O–H groups in total. The molecule has 2 rings (SSSR count). The standard InChI is InChI=1S/C20H30N4OS.HI/c1-5-21-19(23-15-20(2,25)18-9-10-26-14-18)22-12-16-7-6-8-17(11-16)13-24(3)4;/h6-11,14,25H,5,12-13,15H2,1-4H3,(H2,21,22,23);1H. The molecule has 0 aliphatic carbocycles. The highest BCUT2D eigenvalue weighted by molar-refractivity contribution is 14.0. The monoisotopic (exact) mass is 502 g/mol. The van der Waals surface area contributed by atoms with Crippen molar-refractivity contribution in [1.29, 1.82) is 0 Å². The van der Waals surface area contributed by atoms with Gasteiger partial charge >= 0.3 is 0 Å². The van der Waals surface area contributed by atoms with Crippen LogP contribution in [0.3, 0.4) is 0 Å². The first-order valence-electron chi connectivity index (χ1n) is 8.90. The molecule has 0 saturated heterocycles. The van der Waals surface area contributed by atoms with Crippen LogP contribution in [0, 0.1) is 0 Å². The number of aliphatic hydroxyl groups is 1. The van der Waals surface area contributed by atoms with E-state index >= 15 is 0 Å². The molecule has 0 bridgehead atoms. The van der Waals surface area contributed by atoms with Crippen LogP contribution in [-0.2, 0) is 18.7 Å². The normalized spacial score (nSPS) is 13.8. The van der Waals surface area contributed by atoms with Gasteiger partial charge in [0, 0.05) is 13.1 Å². The first-order valence-corrected chi connectivity index (χ1v) is 9.85. The minimum Gasteiger partial charge on any atom is -0.384 e.